The van der Waals surface area contributed by atoms with Crippen LogP contribution in [-0.2, 0) is 14.8 Å². The lowest BCUT2D eigenvalue weighted by atomic mass is 10.2. The topological polar surface area (TPSA) is 75.3 Å². The van der Waals surface area contributed by atoms with Gasteiger partial charge in [-0.05, 0) is 48.9 Å². The molecule has 0 saturated heterocycles. The molecule has 0 heterocycles. The van der Waals surface area contributed by atoms with Crippen LogP contribution in [0.1, 0.15) is 12.0 Å². The number of hydrogen-bond donors (Lipinski definition) is 2. The number of anilines is 1. The predicted molar refractivity (Wildman–Crippen MR) is 98.8 cm³/mol. The van der Waals surface area contributed by atoms with Crippen LogP contribution < -0.4 is 10.0 Å². The van der Waals surface area contributed by atoms with Gasteiger partial charge in [0.05, 0.1) is 4.90 Å². The van der Waals surface area contributed by atoms with Gasteiger partial charge < -0.3 is 5.32 Å². The van der Waals surface area contributed by atoms with Crippen molar-refractivity contribution in [1.82, 2.24) is 4.72 Å². The lowest BCUT2D eigenvalue weighted by Gasteiger charge is -2.10. The van der Waals surface area contributed by atoms with Crippen LogP contribution >= 0.6 is 27.5 Å². The molecule has 0 saturated carbocycles. The number of carbonyl (C=O) groups excluding carboxylic acids is 1. The first-order valence-electron chi connectivity index (χ1n) is 7.10. The summed E-state index contributed by atoms with van der Waals surface area (Å²) < 4.78 is 27.4. The molecule has 0 bridgehead atoms. The molecule has 2 rings (SSSR count). The summed E-state index contributed by atoms with van der Waals surface area (Å²) in [6.45, 7) is 1.80. The number of nitrogens with one attached hydrogen (secondary N) is 2. The van der Waals surface area contributed by atoms with Crippen LogP contribution in [0.3, 0.4) is 0 Å². The maximum Gasteiger partial charge on any atom is 0.240 e. The SMILES string of the molecule is Cc1c(Cl)cccc1NC(=O)CCNS(=O)(=O)c1ccc(Br)cc1. The number of hydrogen-bond acceptors (Lipinski definition) is 3. The van der Waals surface area contributed by atoms with Crippen LogP contribution in [0.4, 0.5) is 5.69 Å². The van der Waals surface area contributed by atoms with E-state index >= 15 is 0 Å². The number of halogens is 2. The second-order valence-electron chi connectivity index (χ2n) is 5.06. The Morgan fingerprint density at radius 3 is 2.50 bits per heavy atom. The summed E-state index contributed by atoms with van der Waals surface area (Å²) in [5, 5.41) is 3.28. The van der Waals surface area contributed by atoms with Crippen molar-refractivity contribution < 1.29 is 13.2 Å². The van der Waals surface area contributed by atoms with E-state index in [1.54, 1.807) is 37.3 Å². The molecule has 0 atom stereocenters. The Hall–Kier alpha value is -1.41. The summed E-state index contributed by atoms with van der Waals surface area (Å²) in [6.07, 6.45) is 0.0156. The summed E-state index contributed by atoms with van der Waals surface area (Å²) >= 11 is 9.24. The number of amides is 1. The van der Waals surface area contributed by atoms with Gasteiger partial charge in [0.1, 0.15) is 0 Å². The van der Waals surface area contributed by atoms with E-state index in [2.05, 4.69) is 26.0 Å². The molecule has 1 amide bonds. The third-order valence-electron chi connectivity index (χ3n) is 3.31. The second-order valence-corrected chi connectivity index (χ2v) is 8.15. The molecule has 0 spiro atoms. The minimum absolute atomic E-state index is 0.00381. The molecule has 0 aliphatic heterocycles. The average molecular weight is 432 g/mol. The van der Waals surface area contributed by atoms with Crippen molar-refractivity contribution in [2.45, 2.75) is 18.2 Å². The Morgan fingerprint density at radius 2 is 1.83 bits per heavy atom. The van der Waals surface area contributed by atoms with Crippen molar-refractivity contribution in [3.8, 4) is 0 Å². The Kier molecular flexibility index (Phi) is 6.40. The molecule has 24 heavy (non-hydrogen) atoms. The van der Waals surface area contributed by atoms with Crippen LogP contribution in [0.15, 0.2) is 51.8 Å². The van der Waals surface area contributed by atoms with E-state index in [0.29, 0.717) is 10.7 Å². The molecule has 8 heteroatoms. The van der Waals surface area contributed by atoms with E-state index < -0.39 is 10.0 Å². The zero-order valence-electron chi connectivity index (χ0n) is 12.8. The van der Waals surface area contributed by atoms with Crippen molar-refractivity contribution in [3.05, 3.63) is 57.5 Å². The molecule has 0 unspecified atom stereocenters. The standard InChI is InChI=1S/C16H16BrClN2O3S/c1-11-14(18)3-2-4-15(11)20-16(21)9-10-19-24(22,23)13-7-5-12(17)6-8-13/h2-8,19H,9-10H2,1H3,(H,20,21). The Bertz CT molecular complexity index is 839. The molecule has 2 aromatic rings. The minimum Gasteiger partial charge on any atom is -0.326 e. The molecule has 0 aliphatic rings. The molecule has 0 aliphatic carbocycles. The van der Waals surface area contributed by atoms with Crippen molar-refractivity contribution in [1.29, 1.82) is 0 Å². The van der Waals surface area contributed by atoms with Crippen LogP contribution in [0.2, 0.25) is 5.02 Å². The van der Waals surface area contributed by atoms with Gasteiger partial charge in [-0.15, -0.1) is 0 Å². The van der Waals surface area contributed by atoms with Gasteiger partial charge in [-0.2, -0.15) is 0 Å². The van der Waals surface area contributed by atoms with Gasteiger partial charge in [0.15, 0.2) is 0 Å². The summed E-state index contributed by atoms with van der Waals surface area (Å²) in [5.41, 5.74) is 1.38. The summed E-state index contributed by atoms with van der Waals surface area (Å²) in [5.74, 6) is -0.293. The fraction of sp³-hybridized carbons (Fsp3) is 0.188. The van der Waals surface area contributed by atoms with E-state index in [1.807, 2.05) is 0 Å². The fourth-order valence-corrected chi connectivity index (χ4v) is 3.42. The quantitative estimate of drug-likeness (QED) is 0.732. The van der Waals surface area contributed by atoms with Gasteiger partial charge >= 0.3 is 0 Å². The first kappa shape index (κ1) is 18.9. The first-order valence-corrected chi connectivity index (χ1v) is 9.75. The smallest absolute Gasteiger partial charge is 0.240 e. The zero-order chi connectivity index (χ0) is 17.7. The van der Waals surface area contributed by atoms with Gasteiger partial charge in [0, 0.05) is 28.1 Å². The highest BCUT2D eigenvalue weighted by Gasteiger charge is 2.14. The van der Waals surface area contributed by atoms with Gasteiger partial charge in [-0.25, -0.2) is 13.1 Å². The average Bonchev–Trinajstić information content (AvgIpc) is 2.52. The highest BCUT2D eigenvalue weighted by Crippen LogP contribution is 2.23. The largest absolute Gasteiger partial charge is 0.326 e. The normalized spacial score (nSPS) is 11.3. The number of benzene rings is 2. The van der Waals surface area contributed by atoms with Gasteiger partial charge in [0.2, 0.25) is 15.9 Å². The minimum atomic E-state index is -3.63. The highest BCUT2D eigenvalue weighted by molar-refractivity contribution is 9.10. The molecule has 2 N–H and O–H groups in total. The van der Waals surface area contributed by atoms with Gasteiger partial charge in [-0.3, -0.25) is 4.79 Å². The third-order valence-corrected chi connectivity index (χ3v) is 5.72. The Balaban J connectivity index is 1.90. The maximum atomic E-state index is 12.1. The Morgan fingerprint density at radius 1 is 1.17 bits per heavy atom. The number of sulfonamides is 1. The van der Waals surface area contributed by atoms with Crippen LogP contribution in [-0.4, -0.2) is 20.9 Å². The van der Waals surface area contributed by atoms with Crippen molar-refractivity contribution in [3.63, 3.8) is 0 Å². The molecule has 5 nitrogen and oxygen atoms in total. The van der Waals surface area contributed by atoms with E-state index in [4.69, 9.17) is 11.6 Å². The lowest BCUT2D eigenvalue weighted by Crippen LogP contribution is -2.27. The van der Waals surface area contributed by atoms with Crippen LogP contribution in [0, 0.1) is 6.92 Å². The van der Waals surface area contributed by atoms with E-state index in [9.17, 15) is 13.2 Å². The molecule has 0 aromatic heterocycles. The highest BCUT2D eigenvalue weighted by atomic mass is 79.9. The zero-order valence-corrected chi connectivity index (χ0v) is 16.0. The lowest BCUT2D eigenvalue weighted by molar-refractivity contribution is -0.116. The van der Waals surface area contributed by atoms with Crippen LogP contribution in [0.5, 0.6) is 0 Å². The summed E-state index contributed by atoms with van der Waals surface area (Å²) in [4.78, 5) is 12.1. The van der Waals surface area contributed by atoms with Crippen LogP contribution in [0.25, 0.3) is 0 Å². The van der Waals surface area contributed by atoms with E-state index in [-0.39, 0.29) is 23.8 Å². The summed E-state index contributed by atoms with van der Waals surface area (Å²) in [6, 6.07) is 11.5. The molecular weight excluding hydrogens is 416 g/mol. The molecule has 128 valence electrons. The van der Waals surface area contributed by atoms with Gasteiger partial charge in [-0.1, -0.05) is 33.6 Å². The second kappa shape index (κ2) is 8.11. The predicted octanol–water partition coefficient (Wildman–Crippen LogP) is 3.72. The fourth-order valence-electron chi connectivity index (χ4n) is 1.95. The van der Waals surface area contributed by atoms with E-state index in [1.165, 1.54) is 12.1 Å². The molecule has 0 radical (unpaired) electrons. The van der Waals surface area contributed by atoms with Crippen molar-refractivity contribution >= 4 is 49.1 Å². The Labute approximate surface area is 154 Å². The first-order chi connectivity index (χ1) is 11.3. The third kappa shape index (κ3) is 5.04. The molecule has 2 aromatic carbocycles. The maximum absolute atomic E-state index is 12.1. The summed E-state index contributed by atoms with van der Waals surface area (Å²) in [7, 11) is -3.63. The van der Waals surface area contributed by atoms with Crippen molar-refractivity contribution in [2.24, 2.45) is 0 Å². The monoisotopic (exact) mass is 430 g/mol. The van der Waals surface area contributed by atoms with Gasteiger partial charge in [0.25, 0.3) is 0 Å². The number of rotatable bonds is 6. The van der Waals surface area contributed by atoms with Crippen molar-refractivity contribution in [2.75, 3.05) is 11.9 Å². The molecular formula is C16H16BrClN2O3S. The molecule has 0 fully saturated rings. The van der Waals surface area contributed by atoms with E-state index in [0.717, 1.165) is 10.0 Å². The number of carbonyl (C=O) groups is 1.